The second-order valence-electron chi connectivity index (χ2n) is 4.55. The Hall–Kier alpha value is -2.55. The molecule has 3 rings (SSSR count). The number of benzene rings is 1. The molecule has 0 radical (unpaired) electrons. The molecule has 0 aliphatic heterocycles. The van der Waals surface area contributed by atoms with Gasteiger partial charge < -0.3 is 0 Å². The highest BCUT2D eigenvalue weighted by Gasteiger charge is 2.15. The zero-order valence-electron chi connectivity index (χ0n) is 11.0. The summed E-state index contributed by atoms with van der Waals surface area (Å²) in [6.07, 6.45) is 3.33. The van der Waals surface area contributed by atoms with E-state index in [-0.39, 0.29) is 5.82 Å². The van der Waals surface area contributed by atoms with Crippen LogP contribution in [-0.4, -0.2) is 9.97 Å². The molecule has 2 nitrogen and oxygen atoms in total. The Kier molecular flexibility index (Phi) is 3.25. The Morgan fingerprint density at radius 2 is 1.45 bits per heavy atom. The molecule has 0 unspecified atom stereocenters. The number of hydrogen-bond acceptors (Lipinski definition) is 2. The average molecular weight is 264 g/mol. The molecule has 0 N–H and O–H groups in total. The van der Waals surface area contributed by atoms with Crippen molar-refractivity contribution in [3.05, 3.63) is 72.3 Å². The molecular weight excluding hydrogens is 251 g/mol. The molecule has 0 amide bonds. The third-order valence-corrected chi connectivity index (χ3v) is 3.21. The van der Waals surface area contributed by atoms with Crippen LogP contribution in [0.25, 0.3) is 22.5 Å². The van der Waals surface area contributed by atoms with Gasteiger partial charge in [0.15, 0.2) is 0 Å². The second-order valence-corrected chi connectivity index (χ2v) is 4.55. The SMILES string of the molecule is Cc1ccc(-c2ccccn2)c(F)c1-c1ccccn1. The van der Waals surface area contributed by atoms with Crippen molar-refractivity contribution in [2.24, 2.45) is 0 Å². The van der Waals surface area contributed by atoms with E-state index in [0.717, 1.165) is 5.56 Å². The van der Waals surface area contributed by atoms with Gasteiger partial charge in [-0.25, -0.2) is 4.39 Å². The van der Waals surface area contributed by atoms with Gasteiger partial charge in [0.05, 0.1) is 11.4 Å². The van der Waals surface area contributed by atoms with Gasteiger partial charge in [-0.15, -0.1) is 0 Å². The van der Waals surface area contributed by atoms with E-state index in [9.17, 15) is 4.39 Å². The van der Waals surface area contributed by atoms with Gasteiger partial charge in [0.1, 0.15) is 5.82 Å². The first-order chi connectivity index (χ1) is 9.77. The van der Waals surface area contributed by atoms with Gasteiger partial charge in [0, 0.05) is 23.5 Å². The zero-order valence-corrected chi connectivity index (χ0v) is 11.0. The Morgan fingerprint density at radius 1 is 0.800 bits per heavy atom. The van der Waals surface area contributed by atoms with Crippen molar-refractivity contribution in [3.8, 4) is 22.5 Å². The lowest BCUT2D eigenvalue weighted by atomic mass is 9.99. The molecule has 0 saturated carbocycles. The molecule has 0 bridgehead atoms. The van der Waals surface area contributed by atoms with Gasteiger partial charge in [-0.05, 0) is 42.8 Å². The summed E-state index contributed by atoms with van der Waals surface area (Å²) in [5.41, 5.74) is 3.16. The Labute approximate surface area is 117 Å². The van der Waals surface area contributed by atoms with Crippen LogP contribution in [0.2, 0.25) is 0 Å². The molecular formula is C17H13FN2. The first-order valence-electron chi connectivity index (χ1n) is 6.39. The van der Waals surface area contributed by atoms with E-state index in [0.29, 0.717) is 22.5 Å². The van der Waals surface area contributed by atoms with Crippen molar-refractivity contribution in [1.29, 1.82) is 0 Å². The van der Waals surface area contributed by atoms with Crippen molar-refractivity contribution in [3.63, 3.8) is 0 Å². The van der Waals surface area contributed by atoms with Gasteiger partial charge >= 0.3 is 0 Å². The fourth-order valence-electron chi connectivity index (χ4n) is 2.22. The Morgan fingerprint density at radius 3 is 2.05 bits per heavy atom. The van der Waals surface area contributed by atoms with Gasteiger partial charge in [0.2, 0.25) is 0 Å². The minimum absolute atomic E-state index is 0.276. The molecule has 0 aliphatic rings. The maximum atomic E-state index is 14.8. The summed E-state index contributed by atoms with van der Waals surface area (Å²) in [6, 6.07) is 14.6. The van der Waals surface area contributed by atoms with Gasteiger partial charge in [0.25, 0.3) is 0 Å². The number of halogens is 1. The molecule has 98 valence electrons. The molecule has 3 heteroatoms. The molecule has 0 fully saturated rings. The summed E-state index contributed by atoms with van der Waals surface area (Å²) in [5.74, 6) is -0.276. The Bertz CT molecular complexity index is 725. The third kappa shape index (κ3) is 2.18. The maximum Gasteiger partial charge on any atom is 0.142 e. The van der Waals surface area contributed by atoms with Crippen molar-refractivity contribution < 1.29 is 4.39 Å². The maximum absolute atomic E-state index is 14.8. The summed E-state index contributed by atoms with van der Waals surface area (Å²) in [7, 11) is 0. The molecule has 0 saturated heterocycles. The first-order valence-corrected chi connectivity index (χ1v) is 6.39. The zero-order chi connectivity index (χ0) is 13.9. The van der Waals surface area contributed by atoms with Crippen molar-refractivity contribution in [1.82, 2.24) is 9.97 Å². The van der Waals surface area contributed by atoms with Crippen LogP contribution >= 0.6 is 0 Å². The molecule has 3 aromatic rings. The van der Waals surface area contributed by atoms with E-state index in [1.54, 1.807) is 24.5 Å². The van der Waals surface area contributed by atoms with Gasteiger partial charge in [-0.2, -0.15) is 0 Å². The van der Waals surface area contributed by atoms with E-state index in [2.05, 4.69) is 9.97 Å². The number of aromatic nitrogens is 2. The van der Waals surface area contributed by atoms with Gasteiger partial charge in [-0.1, -0.05) is 18.2 Å². The van der Waals surface area contributed by atoms with E-state index in [4.69, 9.17) is 0 Å². The monoisotopic (exact) mass is 264 g/mol. The predicted molar refractivity (Wildman–Crippen MR) is 77.6 cm³/mol. The number of hydrogen-bond donors (Lipinski definition) is 0. The summed E-state index contributed by atoms with van der Waals surface area (Å²) in [4.78, 5) is 8.46. The molecule has 1 aromatic carbocycles. The lowest BCUT2D eigenvalue weighted by Crippen LogP contribution is -1.95. The molecule has 2 aromatic heterocycles. The number of rotatable bonds is 2. The third-order valence-electron chi connectivity index (χ3n) is 3.21. The molecule has 2 heterocycles. The number of pyridine rings is 2. The molecule has 0 aliphatic carbocycles. The molecule has 20 heavy (non-hydrogen) atoms. The van der Waals surface area contributed by atoms with E-state index >= 15 is 0 Å². The summed E-state index contributed by atoms with van der Waals surface area (Å²) in [6.45, 7) is 1.88. The van der Waals surface area contributed by atoms with Crippen LogP contribution in [0.15, 0.2) is 60.9 Å². The highest BCUT2D eigenvalue weighted by molar-refractivity contribution is 5.73. The predicted octanol–water partition coefficient (Wildman–Crippen LogP) is 4.26. The van der Waals surface area contributed by atoms with Crippen LogP contribution in [0.3, 0.4) is 0 Å². The van der Waals surface area contributed by atoms with Crippen LogP contribution in [0.1, 0.15) is 5.56 Å². The smallest absolute Gasteiger partial charge is 0.142 e. The second kappa shape index (κ2) is 5.21. The van der Waals surface area contributed by atoms with E-state index in [1.165, 1.54) is 0 Å². The summed E-state index contributed by atoms with van der Waals surface area (Å²) in [5, 5.41) is 0. The number of aryl methyl sites for hydroxylation is 1. The molecule has 0 atom stereocenters. The van der Waals surface area contributed by atoms with E-state index in [1.807, 2.05) is 43.3 Å². The highest BCUT2D eigenvalue weighted by atomic mass is 19.1. The minimum Gasteiger partial charge on any atom is -0.256 e. The van der Waals surface area contributed by atoms with E-state index < -0.39 is 0 Å². The quantitative estimate of drug-likeness (QED) is 0.691. The highest BCUT2D eigenvalue weighted by Crippen LogP contribution is 2.31. The van der Waals surface area contributed by atoms with Crippen LogP contribution < -0.4 is 0 Å². The summed E-state index contributed by atoms with van der Waals surface area (Å²) < 4.78 is 14.8. The number of nitrogens with zero attached hydrogens (tertiary/aromatic N) is 2. The van der Waals surface area contributed by atoms with Crippen LogP contribution in [0.4, 0.5) is 4.39 Å². The van der Waals surface area contributed by atoms with Crippen molar-refractivity contribution >= 4 is 0 Å². The topological polar surface area (TPSA) is 25.8 Å². The van der Waals surface area contributed by atoms with Gasteiger partial charge in [-0.3, -0.25) is 9.97 Å². The van der Waals surface area contributed by atoms with Crippen molar-refractivity contribution in [2.75, 3.05) is 0 Å². The van der Waals surface area contributed by atoms with Crippen LogP contribution in [0.5, 0.6) is 0 Å². The Balaban J connectivity index is 2.22. The lowest BCUT2D eigenvalue weighted by Gasteiger charge is -2.10. The lowest BCUT2D eigenvalue weighted by molar-refractivity contribution is 0.632. The minimum atomic E-state index is -0.276. The normalized spacial score (nSPS) is 10.5. The van der Waals surface area contributed by atoms with Crippen molar-refractivity contribution in [2.45, 2.75) is 6.92 Å². The largest absolute Gasteiger partial charge is 0.256 e. The van der Waals surface area contributed by atoms with Crippen LogP contribution in [-0.2, 0) is 0 Å². The fraction of sp³-hybridized carbons (Fsp3) is 0.0588. The van der Waals surface area contributed by atoms with Crippen LogP contribution in [0, 0.1) is 12.7 Å². The first kappa shape index (κ1) is 12.5. The summed E-state index contributed by atoms with van der Waals surface area (Å²) >= 11 is 0. The average Bonchev–Trinajstić information content (AvgIpc) is 2.49. The standard InChI is InChI=1S/C17H13FN2/c1-12-8-9-13(14-6-2-4-10-19-14)17(18)16(12)15-7-3-5-11-20-15/h2-11H,1H3. The fourth-order valence-corrected chi connectivity index (χ4v) is 2.22. The molecule has 0 spiro atoms.